The average molecular weight is 256 g/mol. The molecule has 0 saturated heterocycles. The van der Waals surface area contributed by atoms with Gasteiger partial charge in [-0.1, -0.05) is 12.1 Å². The summed E-state index contributed by atoms with van der Waals surface area (Å²) < 4.78 is 22.0. The average Bonchev–Trinajstić information content (AvgIpc) is 2.25. The van der Waals surface area contributed by atoms with Crippen LogP contribution in [-0.4, -0.2) is 45.5 Å². The van der Waals surface area contributed by atoms with Crippen molar-refractivity contribution in [3.05, 3.63) is 29.8 Å². The zero-order chi connectivity index (χ0) is 12.9. The highest BCUT2D eigenvalue weighted by atomic mass is 32.2. The first-order valence-electron chi connectivity index (χ1n) is 5.57. The van der Waals surface area contributed by atoms with E-state index in [-0.39, 0.29) is 5.75 Å². The van der Waals surface area contributed by atoms with Gasteiger partial charge in [-0.3, -0.25) is 0 Å². The molecule has 0 amide bonds. The summed E-state index contributed by atoms with van der Waals surface area (Å²) in [6, 6.07) is 7.76. The predicted octanol–water partition coefficient (Wildman–Crippen LogP) is 0.788. The molecular formula is C12H20N2O2S. The minimum atomic E-state index is -2.87. The fourth-order valence-corrected chi connectivity index (χ4v) is 2.08. The van der Waals surface area contributed by atoms with E-state index in [0.717, 1.165) is 18.7 Å². The molecule has 1 aromatic rings. The lowest BCUT2D eigenvalue weighted by atomic mass is 10.1. The molecule has 0 heterocycles. The Morgan fingerprint density at radius 2 is 1.76 bits per heavy atom. The van der Waals surface area contributed by atoms with Gasteiger partial charge in [0.05, 0.1) is 5.75 Å². The summed E-state index contributed by atoms with van der Waals surface area (Å²) in [4.78, 5) is 2.03. The summed E-state index contributed by atoms with van der Waals surface area (Å²) in [5, 5.41) is 0. The minimum absolute atomic E-state index is 0.214. The largest absolute Gasteiger partial charge is 0.399 e. The fraction of sp³-hybridized carbons (Fsp3) is 0.500. The third kappa shape index (κ3) is 6.28. The SMILES string of the molecule is CN(CCc1ccc(N)cc1)CCS(C)(=O)=O. The van der Waals surface area contributed by atoms with Crippen LogP contribution in [-0.2, 0) is 16.3 Å². The molecule has 5 heteroatoms. The highest BCUT2D eigenvalue weighted by Gasteiger charge is 2.05. The molecule has 0 aliphatic heterocycles. The number of nitrogen functional groups attached to an aromatic ring is 1. The van der Waals surface area contributed by atoms with Gasteiger partial charge in [0, 0.05) is 25.0 Å². The van der Waals surface area contributed by atoms with Crippen LogP contribution >= 0.6 is 0 Å². The van der Waals surface area contributed by atoms with Gasteiger partial charge in [0.15, 0.2) is 0 Å². The predicted molar refractivity (Wildman–Crippen MR) is 71.8 cm³/mol. The Kier molecular flexibility index (Phi) is 4.96. The molecule has 96 valence electrons. The maximum atomic E-state index is 11.0. The number of sulfone groups is 1. The normalized spacial score (nSPS) is 11.9. The van der Waals surface area contributed by atoms with E-state index in [1.54, 1.807) is 0 Å². The van der Waals surface area contributed by atoms with Crippen LogP contribution in [0.2, 0.25) is 0 Å². The first kappa shape index (κ1) is 14.0. The third-order valence-electron chi connectivity index (χ3n) is 2.61. The molecule has 0 spiro atoms. The molecule has 0 aliphatic carbocycles. The maximum absolute atomic E-state index is 11.0. The Labute approximate surface area is 103 Å². The number of nitrogens with two attached hydrogens (primary N) is 1. The Bertz CT molecular complexity index is 440. The second-order valence-electron chi connectivity index (χ2n) is 4.42. The van der Waals surface area contributed by atoms with Crippen molar-refractivity contribution >= 4 is 15.5 Å². The molecule has 0 aliphatic rings. The number of nitrogens with zero attached hydrogens (tertiary/aromatic N) is 1. The summed E-state index contributed by atoms with van der Waals surface area (Å²) >= 11 is 0. The second-order valence-corrected chi connectivity index (χ2v) is 6.68. The van der Waals surface area contributed by atoms with Crippen molar-refractivity contribution in [2.24, 2.45) is 0 Å². The van der Waals surface area contributed by atoms with Gasteiger partial charge in [0.25, 0.3) is 0 Å². The Balaban J connectivity index is 2.33. The van der Waals surface area contributed by atoms with E-state index in [9.17, 15) is 8.42 Å². The topological polar surface area (TPSA) is 63.4 Å². The minimum Gasteiger partial charge on any atom is -0.399 e. The first-order chi connectivity index (χ1) is 7.87. The van der Waals surface area contributed by atoms with Crippen molar-refractivity contribution in [3.63, 3.8) is 0 Å². The molecule has 2 N–H and O–H groups in total. The summed E-state index contributed by atoms with van der Waals surface area (Å²) in [5.74, 6) is 0.214. The van der Waals surface area contributed by atoms with Gasteiger partial charge >= 0.3 is 0 Å². The van der Waals surface area contributed by atoms with Gasteiger partial charge in [-0.25, -0.2) is 8.42 Å². The third-order valence-corrected chi connectivity index (χ3v) is 3.53. The number of anilines is 1. The molecule has 0 bridgehead atoms. The van der Waals surface area contributed by atoms with E-state index in [0.29, 0.717) is 6.54 Å². The zero-order valence-corrected chi connectivity index (χ0v) is 11.2. The van der Waals surface area contributed by atoms with Crippen LogP contribution < -0.4 is 5.73 Å². The molecule has 0 atom stereocenters. The van der Waals surface area contributed by atoms with E-state index >= 15 is 0 Å². The standard InChI is InChI=1S/C12H20N2O2S/c1-14(9-10-17(2,15)16)8-7-11-3-5-12(13)6-4-11/h3-6H,7-10,13H2,1-2H3. The summed E-state index contributed by atoms with van der Waals surface area (Å²) in [7, 11) is -0.933. The van der Waals surface area contributed by atoms with Crippen LogP contribution in [0.3, 0.4) is 0 Å². The lowest BCUT2D eigenvalue weighted by Gasteiger charge is -2.15. The van der Waals surface area contributed by atoms with Gasteiger partial charge in [-0.15, -0.1) is 0 Å². The molecule has 0 aromatic heterocycles. The van der Waals surface area contributed by atoms with E-state index < -0.39 is 9.84 Å². The Morgan fingerprint density at radius 1 is 1.18 bits per heavy atom. The fourth-order valence-electron chi connectivity index (χ4n) is 1.44. The molecule has 17 heavy (non-hydrogen) atoms. The second kappa shape index (κ2) is 6.02. The smallest absolute Gasteiger partial charge is 0.148 e. The van der Waals surface area contributed by atoms with Gasteiger partial charge in [0.2, 0.25) is 0 Å². The molecule has 0 saturated carbocycles. The molecule has 1 rings (SSSR count). The number of hydrogen-bond acceptors (Lipinski definition) is 4. The van der Waals surface area contributed by atoms with Crippen LogP contribution in [0.15, 0.2) is 24.3 Å². The maximum Gasteiger partial charge on any atom is 0.148 e. The summed E-state index contributed by atoms with van der Waals surface area (Å²) in [6.07, 6.45) is 2.17. The molecule has 1 aromatic carbocycles. The van der Waals surface area contributed by atoms with E-state index in [1.807, 2.05) is 36.2 Å². The van der Waals surface area contributed by atoms with Gasteiger partial charge < -0.3 is 10.6 Å². The summed E-state index contributed by atoms with van der Waals surface area (Å²) in [6.45, 7) is 1.42. The first-order valence-corrected chi connectivity index (χ1v) is 7.63. The van der Waals surface area contributed by atoms with E-state index in [1.165, 1.54) is 11.8 Å². The zero-order valence-electron chi connectivity index (χ0n) is 10.4. The number of likely N-dealkylation sites (N-methyl/N-ethyl adjacent to an activating group) is 1. The van der Waals surface area contributed by atoms with Crippen LogP contribution in [0.25, 0.3) is 0 Å². The van der Waals surface area contributed by atoms with Crippen molar-refractivity contribution in [2.45, 2.75) is 6.42 Å². The van der Waals surface area contributed by atoms with Gasteiger partial charge in [-0.05, 0) is 31.2 Å². The molecule has 0 unspecified atom stereocenters. The lowest BCUT2D eigenvalue weighted by Crippen LogP contribution is -2.27. The van der Waals surface area contributed by atoms with Crippen LogP contribution in [0.4, 0.5) is 5.69 Å². The Morgan fingerprint density at radius 3 is 2.29 bits per heavy atom. The number of benzene rings is 1. The highest BCUT2D eigenvalue weighted by molar-refractivity contribution is 7.90. The van der Waals surface area contributed by atoms with Crippen LogP contribution in [0, 0.1) is 0 Å². The lowest BCUT2D eigenvalue weighted by molar-refractivity contribution is 0.358. The molecular weight excluding hydrogens is 236 g/mol. The molecule has 0 radical (unpaired) electrons. The molecule has 0 fully saturated rings. The van der Waals surface area contributed by atoms with Gasteiger partial charge in [-0.2, -0.15) is 0 Å². The monoisotopic (exact) mass is 256 g/mol. The van der Waals surface area contributed by atoms with Crippen molar-refractivity contribution in [2.75, 3.05) is 37.9 Å². The van der Waals surface area contributed by atoms with Crippen LogP contribution in [0.1, 0.15) is 5.56 Å². The van der Waals surface area contributed by atoms with Crippen molar-refractivity contribution in [1.29, 1.82) is 0 Å². The van der Waals surface area contributed by atoms with E-state index in [2.05, 4.69) is 0 Å². The van der Waals surface area contributed by atoms with Crippen LogP contribution in [0.5, 0.6) is 0 Å². The number of hydrogen-bond donors (Lipinski definition) is 1. The Hall–Kier alpha value is -1.07. The quantitative estimate of drug-likeness (QED) is 0.764. The van der Waals surface area contributed by atoms with Gasteiger partial charge in [0.1, 0.15) is 9.84 Å². The van der Waals surface area contributed by atoms with Crippen molar-refractivity contribution < 1.29 is 8.42 Å². The molecule has 4 nitrogen and oxygen atoms in total. The summed E-state index contributed by atoms with van der Waals surface area (Å²) in [5.41, 5.74) is 7.58. The van der Waals surface area contributed by atoms with Crippen molar-refractivity contribution in [3.8, 4) is 0 Å². The number of rotatable bonds is 6. The highest BCUT2D eigenvalue weighted by Crippen LogP contribution is 2.06. The van der Waals surface area contributed by atoms with Crippen molar-refractivity contribution in [1.82, 2.24) is 4.90 Å². The van der Waals surface area contributed by atoms with E-state index in [4.69, 9.17) is 5.73 Å².